The number of nitrogens with zero attached hydrogens (tertiary/aromatic N) is 2. The molecule has 1 saturated heterocycles. The first-order valence-corrected chi connectivity index (χ1v) is 9.98. The van der Waals surface area contributed by atoms with Crippen LogP contribution in [0.3, 0.4) is 0 Å². The van der Waals surface area contributed by atoms with Crippen molar-refractivity contribution < 1.29 is 4.39 Å². The van der Waals surface area contributed by atoms with Crippen LogP contribution in [-0.2, 0) is 5.79 Å². The Hall–Kier alpha value is -2.74. The average Bonchev–Trinajstić information content (AvgIpc) is 3.25. The highest BCUT2D eigenvalue weighted by atomic mass is 19.1. The predicted molar refractivity (Wildman–Crippen MR) is 114 cm³/mol. The summed E-state index contributed by atoms with van der Waals surface area (Å²) in [4.78, 5) is 6.86. The summed E-state index contributed by atoms with van der Waals surface area (Å²) in [7, 11) is 0. The van der Waals surface area contributed by atoms with Gasteiger partial charge in [0.2, 0.25) is 5.79 Å². The first-order chi connectivity index (χ1) is 14.1. The van der Waals surface area contributed by atoms with Crippen molar-refractivity contribution in [3.05, 3.63) is 71.8 Å². The lowest BCUT2D eigenvalue weighted by Crippen LogP contribution is -2.52. The van der Waals surface area contributed by atoms with Gasteiger partial charge in [-0.25, -0.2) is 9.38 Å². The number of nitrogens with one attached hydrogen (secondary N) is 3. The first-order valence-electron chi connectivity index (χ1n) is 9.98. The number of nitrogens with two attached hydrogens (primary N) is 1. The van der Waals surface area contributed by atoms with Crippen LogP contribution in [0, 0.1) is 5.82 Å². The number of hydrogen-bond acceptors (Lipinski definition) is 6. The minimum absolute atomic E-state index is 0.261. The molecule has 2 heterocycles. The molecule has 0 aromatic heterocycles. The molecule has 2 aliphatic heterocycles. The molecular formula is C22H27FN6. The topological polar surface area (TPSA) is 77.7 Å². The van der Waals surface area contributed by atoms with Crippen LogP contribution < -0.4 is 21.7 Å². The predicted octanol–water partition coefficient (Wildman–Crippen LogP) is 1.92. The molecular weight excluding hydrogens is 367 g/mol. The van der Waals surface area contributed by atoms with Crippen molar-refractivity contribution in [3.63, 3.8) is 0 Å². The van der Waals surface area contributed by atoms with Crippen LogP contribution in [0.1, 0.15) is 12.0 Å². The quantitative estimate of drug-likeness (QED) is 0.540. The van der Waals surface area contributed by atoms with Crippen molar-refractivity contribution in [2.24, 2.45) is 10.7 Å². The summed E-state index contributed by atoms with van der Waals surface area (Å²) in [6.07, 6.45) is 4.65. The van der Waals surface area contributed by atoms with Crippen LogP contribution in [0.15, 0.2) is 65.4 Å². The van der Waals surface area contributed by atoms with E-state index >= 15 is 0 Å². The monoisotopic (exact) mass is 394 g/mol. The molecule has 1 unspecified atom stereocenters. The number of aliphatic imine (C=N–C) groups is 1. The van der Waals surface area contributed by atoms with Crippen LogP contribution in [0.2, 0.25) is 0 Å². The van der Waals surface area contributed by atoms with Crippen LogP contribution in [-0.4, -0.2) is 44.0 Å². The summed E-state index contributed by atoms with van der Waals surface area (Å²) in [5, 5.41) is 10.0. The van der Waals surface area contributed by atoms with E-state index in [0.29, 0.717) is 0 Å². The highest BCUT2D eigenvalue weighted by molar-refractivity contribution is 5.74. The fraction of sp³-hybridized carbons (Fsp3) is 0.318. The standard InChI is InChI=1S/C22H27FN6/c23-20-7-2-5-18(15-20)17-4-1-6-19(14-17)22(24)27-10-8-21(28-22)26-9-3-12-29-13-11-25-16-29/h1-2,4-8,10,14-15,25-26,28H,3,9,11-13,16,24H2. The number of halogens is 1. The summed E-state index contributed by atoms with van der Waals surface area (Å²) in [6.45, 7) is 5.07. The Morgan fingerprint density at radius 1 is 1.17 bits per heavy atom. The maximum absolute atomic E-state index is 13.6. The van der Waals surface area contributed by atoms with E-state index in [4.69, 9.17) is 5.73 Å². The van der Waals surface area contributed by atoms with Crippen LogP contribution in [0.5, 0.6) is 0 Å². The Balaban J connectivity index is 1.40. The molecule has 0 amide bonds. The van der Waals surface area contributed by atoms with Crippen LogP contribution in [0.4, 0.5) is 4.39 Å². The van der Waals surface area contributed by atoms with Gasteiger partial charge in [-0.2, -0.15) is 0 Å². The Bertz CT molecular complexity index is 906. The van der Waals surface area contributed by atoms with Crippen molar-refractivity contribution in [1.29, 1.82) is 0 Å². The molecule has 0 spiro atoms. The van der Waals surface area contributed by atoms with Crippen molar-refractivity contribution >= 4 is 6.21 Å². The fourth-order valence-corrected chi connectivity index (χ4v) is 3.63. The van der Waals surface area contributed by atoms with Crippen LogP contribution >= 0.6 is 0 Å². The molecule has 2 aromatic rings. The van der Waals surface area contributed by atoms with Gasteiger partial charge in [0, 0.05) is 44.6 Å². The fourth-order valence-electron chi connectivity index (χ4n) is 3.63. The third-order valence-electron chi connectivity index (χ3n) is 5.21. The van der Waals surface area contributed by atoms with Crippen LogP contribution in [0.25, 0.3) is 11.1 Å². The second kappa shape index (κ2) is 8.73. The van der Waals surface area contributed by atoms with Gasteiger partial charge >= 0.3 is 0 Å². The SMILES string of the molecule is NC1(c2cccc(-c3cccc(F)c3)c2)N=CC=C(NCCCN2CCNC2)N1. The van der Waals surface area contributed by atoms with E-state index in [9.17, 15) is 4.39 Å². The molecule has 1 fully saturated rings. The molecule has 2 aliphatic rings. The highest BCUT2D eigenvalue weighted by Gasteiger charge is 2.28. The molecule has 2 aromatic carbocycles. The highest BCUT2D eigenvalue weighted by Crippen LogP contribution is 2.26. The third-order valence-corrected chi connectivity index (χ3v) is 5.21. The molecule has 152 valence electrons. The largest absolute Gasteiger partial charge is 0.372 e. The minimum Gasteiger partial charge on any atom is -0.372 e. The van der Waals surface area contributed by atoms with Crippen molar-refractivity contribution in [2.75, 3.05) is 32.8 Å². The van der Waals surface area contributed by atoms with E-state index in [1.807, 2.05) is 36.4 Å². The summed E-state index contributed by atoms with van der Waals surface area (Å²) in [5.74, 6) is -0.485. The van der Waals surface area contributed by atoms with E-state index in [0.717, 1.165) is 61.8 Å². The van der Waals surface area contributed by atoms with Gasteiger partial charge in [-0.05, 0) is 41.8 Å². The molecule has 4 rings (SSSR count). The van der Waals surface area contributed by atoms with Gasteiger partial charge in [-0.1, -0.05) is 30.3 Å². The Kier molecular flexibility index (Phi) is 5.89. The van der Waals surface area contributed by atoms with Gasteiger partial charge in [0.25, 0.3) is 0 Å². The average molecular weight is 394 g/mol. The Morgan fingerprint density at radius 2 is 2.00 bits per heavy atom. The zero-order valence-corrected chi connectivity index (χ0v) is 16.4. The normalized spacial score (nSPS) is 21.7. The zero-order chi connectivity index (χ0) is 20.1. The van der Waals surface area contributed by atoms with Gasteiger partial charge in [0.1, 0.15) is 11.6 Å². The molecule has 1 atom stereocenters. The van der Waals surface area contributed by atoms with Gasteiger partial charge in [0.05, 0.1) is 0 Å². The van der Waals surface area contributed by atoms with E-state index in [2.05, 4.69) is 25.8 Å². The smallest absolute Gasteiger partial charge is 0.210 e. The Labute approximate surface area is 170 Å². The van der Waals surface area contributed by atoms with E-state index in [1.54, 1.807) is 12.3 Å². The van der Waals surface area contributed by atoms with Crippen molar-refractivity contribution in [2.45, 2.75) is 12.2 Å². The molecule has 7 heteroatoms. The van der Waals surface area contributed by atoms with E-state index in [1.165, 1.54) is 12.1 Å². The lowest BCUT2D eigenvalue weighted by Gasteiger charge is -2.32. The number of allylic oxidation sites excluding steroid dienone is 1. The maximum Gasteiger partial charge on any atom is 0.210 e. The van der Waals surface area contributed by atoms with E-state index in [-0.39, 0.29) is 5.82 Å². The Morgan fingerprint density at radius 3 is 2.79 bits per heavy atom. The second-order valence-corrected chi connectivity index (χ2v) is 7.40. The number of rotatable bonds is 7. The number of hydrogen-bond donors (Lipinski definition) is 4. The third kappa shape index (κ3) is 4.82. The minimum atomic E-state index is -1.07. The van der Waals surface area contributed by atoms with E-state index < -0.39 is 5.79 Å². The molecule has 0 bridgehead atoms. The van der Waals surface area contributed by atoms with Gasteiger partial charge in [-0.3, -0.25) is 10.6 Å². The summed E-state index contributed by atoms with van der Waals surface area (Å²) >= 11 is 0. The molecule has 0 saturated carbocycles. The first kappa shape index (κ1) is 19.6. The lowest BCUT2D eigenvalue weighted by molar-refractivity contribution is 0.325. The van der Waals surface area contributed by atoms with Gasteiger partial charge < -0.3 is 16.0 Å². The zero-order valence-electron chi connectivity index (χ0n) is 16.4. The molecule has 0 aliphatic carbocycles. The van der Waals surface area contributed by atoms with Crippen molar-refractivity contribution in [3.8, 4) is 11.1 Å². The molecule has 5 N–H and O–H groups in total. The van der Waals surface area contributed by atoms with Gasteiger partial charge in [-0.15, -0.1) is 0 Å². The summed E-state index contributed by atoms with van der Waals surface area (Å²) < 4.78 is 13.6. The molecule has 29 heavy (non-hydrogen) atoms. The molecule has 0 radical (unpaired) electrons. The summed E-state index contributed by atoms with van der Waals surface area (Å²) in [6, 6.07) is 14.3. The maximum atomic E-state index is 13.6. The summed E-state index contributed by atoms with van der Waals surface area (Å²) in [5.41, 5.74) is 9.08. The van der Waals surface area contributed by atoms with Gasteiger partial charge in [0.15, 0.2) is 0 Å². The lowest BCUT2D eigenvalue weighted by atomic mass is 9.99. The number of benzene rings is 2. The molecule has 6 nitrogen and oxygen atoms in total. The van der Waals surface area contributed by atoms with Crippen molar-refractivity contribution in [1.82, 2.24) is 20.9 Å². The second-order valence-electron chi connectivity index (χ2n) is 7.40.